The number of piperazine rings is 1. The molecule has 29 heavy (non-hydrogen) atoms. The highest BCUT2D eigenvalue weighted by molar-refractivity contribution is 7.92. The molecule has 0 radical (unpaired) electrons. The normalized spacial score (nSPS) is 14.7. The molecule has 0 unspecified atom stereocenters. The summed E-state index contributed by atoms with van der Waals surface area (Å²) >= 11 is 0. The quantitative estimate of drug-likeness (QED) is 0.684. The summed E-state index contributed by atoms with van der Waals surface area (Å²) in [7, 11) is -3.83. The van der Waals surface area contributed by atoms with E-state index in [2.05, 4.69) is 24.6 Å². The molecule has 0 atom stereocenters. The van der Waals surface area contributed by atoms with Gasteiger partial charge in [-0.1, -0.05) is 6.07 Å². The van der Waals surface area contributed by atoms with Gasteiger partial charge >= 0.3 is 0 Å². The minimum atomic E-state index is -3.83. The van der Waals surface area contributed by atoms with Gasteiger partial charge in [-0.25, -0.2) is 27.8 Å². The van der Waals surface area contributed by atoms with Gasteiger partial charge in [0.1, 0.15) is 11.6 Å². The third-order valence-corrected chi connectivity index (χ3v) is 5.95. The minimum absolute atomic E-state index is 0.0337. The fourth-order valence-corrected chi connectivity index (χ4v) is 4.07. The summed E-state index contributed by atoms with van der Waals surface area (Å²) in [4.78, 5) is 17.1. The zero-order valence-electron chi connectivity index (χ0n) is 15.4. The largest absolute Gasteiger partial charge is 0.353 e. The molecule has 2 aromatic heterocycles. The Labute approximate surface area is 168 Å². The fraction of sp³-hybridized carbons (Fsp3) is 0.211. The van der Waals surface area contributed by atoms with Crippen molar-refractivity contribution in [3.05, 3.63) is 66.9 Å². The average Bonchev–Trinajstić information content (AvgIpc) is 2.75. The lowest BCUT2D eigenvalue weighted by molar-refractivity contribution is 0.599. The Morgan fingerprint density at radius 1 is 0.862 bits per heavy atom. The molecule has 1 aliphatic rings. The van der Waals surface area contributed by atoms with Crippen LogP contribution in [0.3, 0.4) is 0 Å². The van der Waals surface area contributed by atoms with Gasteiger partial charge in [0.15, 0.2) is 0 Å². The van der Waals surface area contributed by atoms with Gasteiger partial charge in [-0.15, -0.1) is 0 Å². The van der Waals surface area contributed by atoms with Gasteiger partial charge in [0.05, 0.1) is 23.0 Å². The molecule has 0 saturated carbocycles. The second kappa shape index (κ2) is 8.00. The summed E-state index contributed by atoms with van der Waals surface area (Å²) < 4.78 is 40.1. The number of nitrogens with one attached hydrogen (secondary N) is 1. The van der Waals surface area contributed by atoms with Crippen molar-refractivity contribution in [3.8, 4) is 0 Å². The second-order valence-electron chi connectivity index (χ2n) is 6.49. The summed E-state index contributed by atoms with van der Waals surface area (Å²) in [6, 6.07) is 10.4. The van der Waals surface area contributed by atoms with Crippen molar-refractivity contribution in [2.45, 2.75) is 4.90 Å². The van der Waals surface area contributed by atoms with Crippen LogP contribution < -0.4 is 14.5 Å². The number of aromatic nitrogens is 3. The van der Waals surface area contributed by atoms with Crippen LogP contribution >= 0.6 is 0 Å². The van der Waals surface area contributed by atoms with E-state index in [1.807, 2.05) is 23.1 Å². The standard InChI is InChI=1S/C19H19FN6O2S/c20-15-4-6-17(7-5-15)29(27,28)24-16-13-22-19(23-14-16)26-11-9-25(10-12-26)18-3-1-2-8-21-18/h1-8,13-14,24H,9-12H2. The highest BCUT2D eigenvalue weighted by atomic mass is 32.2. The number of benzene rings is 1. The van der Waals surface area contributed by atoms with Crippen LogP contribution in [0.4, 0.5) is 21.8 Å². The van der Waals surface area contributed by atoms with Crippen LogP contribution in [0, 0.1) is 5.82 Å². The first-order valence-corrected chi connectivity index (χ1v) is 10.5. The highest BCUT2D eigenvalue weighted by Gasteiger charge is 2.20. The summed E-state index contributed by atoms with van der Waals surface area (Å²) in [6.45, 7) is 3.05. The zero-order chi connectivity index (χ0) is 20.3. The smallest absolute Gasteiger partial charge is 0.261 e. The lowest BCUT2D eigenvalue weighted by Crippen LogP contribution is -2.47. The summed E-state index contributed by atoms with van der Waals surface area (Å²) in [5.74, 6) is 0.980. The van der Waals surface area contributed by atoms with E-state index in [1.165, 1.54) is 24.5 Å². The fourth-order valence-electron chi connectivity index (χ4n) is 3.04. The molecule has 8 nitrogen and oxygen atoms in total. The van der Waals surface area contributed by atoms with Crippen molar-refractivity contribution in [1.29, 1.82) is 0 Å². The molecule has 1 fully saturated rings. The highest BCUT2D eigenvalue weighted by Crippen LogP contribution is 2.19. The predicted octanol–water partition coefficient (Wildman–Crippen LogP) is 2.14. The first-order valence-electron chi connectivity index (χ1n) is 9.03. The van der Waals surface area contributed by atoms with E-state index in [-0.39, 0.29) is 10.6 Å². The molecule has 0 amide bonds. The molecule has 0 aliphatic carbocycles. The average molecular weight is 414 g/mol. The molecular formula is C19H19FN6O2S. The summed E-state index contributed by atoms with van der Waals surface area (Å²) in [5.41, 5.74) is 0.241. The molecule has 3 heterocycles. The molecule has 1 aromatic carbocycles. The number of hydrogen-bond donors (Lipinski definition) is 1. The van der Waals surface area contributed by atoms with Crippen molar-refractivity contribution in [3.63, 3.8) is 0 Å². The topological polar surface area (TPSA) is 91.3 Å². The minimum Gasteiger partial charge on any atom is -0.353 e. The van der Waals surface area contributed by atoms with Crippen molar-refractivity contribution in [2.24, 2.45) is 0 Å². The second-order valence-corrected chi connectivity index (χ2v) is 8.18. The number of hydrogen-bond acceptors (Lipinski definition) is 7. The SMILES string of the molecule is O=S(=O)(Nc1cnc(N2CCN(c3ccccn3)CC2)nc1)c1ccc(F)cc1. The first-order chi connectivity index (χ1) is 14.0. The van der Waals surface area contributed by atoms with E-state index in [1.54, 1.807) is 6.20 Å². The summed E-state index contributed by atoms with van der Waals surface area (Å²) in [5, 5.41) is 0. The van der Waals surface area contributed by atoms with Gasteiger partial charge in [-0.2, -0.15) is 0 Å². The molecule has 0 spiro atoms. The van der Waals surface area contributed by atoms with E-state index < -0.39 is 15.8 Å². The summed E-state index contributed by atoms with van der Waals surface area (Å²) in [6.07, 6.45) is 4.62. The zero-order valence-corrected chi connectivity index (χ0v) is 16.3. The maximum atomic E-state index is 13.0. The van der Waals surface area contributed by atoms with Crippen LogP contribution in [0.2, 0.25) is 0 Å². The molecule has 3 aromatic rings. The van der Waals surface area contributed by atoms with Crippen molar-refractivity contribution in [2.75, 3.05) is 40.7 Å². The van der Waals surface area contributed by atoms with E-state index in [0.29, 0.717) is 5.95 Å². The van der Waals surface area contributed by atoms with Gasteiger partial charge in [-0.05, 0) is 36.4 Å². The Morgan fingerprint density at radius 3 is 2.14 bits per heavy atom. The molecule has 10 heteroatoms. The van der Waals surface area contributed by atoms with Gasteiger partial charge in [0.25, 0.3) is 10.0 Å². The van der Waals surface area contributed by atoms with Crippen LogP contribution in [0.25, 0.3) is 0 Å². The molecular weight excluding hydrogens is 395 g/mol. The van der Waals surface area contributed by atoms with Gasteiger partial charge in [0, 0.05) is 32.4 Å². The van der Waals surface area contributed by atoms with Crippen molar-refractivity contribution >= 4 is 27.5 Å². The molecule has 1 N–H and O–H groups in total. The van der Waals surface area contributed by atoms with Gasteiger partial charge in [0.2, 0.25) is 5.95 Å². The Kier molecular flexibility index (Phi) is 5.26. The van der Waals surface area contributed by atoms with E-state index in [9.17, 15) is 12.8 Å². The monoisotopic (exact) mass is 414 g/mol. The van der Waals surface area contributed by atoms with Gasteiger partial charge in [-0.3, -0.25) is 4.72 Å². The van der Waals surface area contributed by atoms with Crippen LogP contribution in [0.1, 0.15) is 0 Å². The molecule has 1 saturated heterocycles. The van der Waals surface area contributed by atoms with Crippen LogP contribution in [-0.2, 0) is 10.0 Å². The molecule has 1 aliphatic heterocycles. The van der Waals surface area contributed by atoms with Gasteiger partial charge < -0.3 is 9.80 Å². The lowest BCUT2D eigenvalue weighted by Gasteiger charge is -2.35. The number of sulfonamides is 1. The van der Waals surface area contributed by atoms with Crippen LogP contribution in [0.15, 0.2) is 66.0 Å². The number of pyridine rings is 1. The molecule has 0 bridgehead atoms. The van der Waals surface area contributed by atoms with Crippen molar-refractivity contribution < 1.29 is 12.8 Å². The third-order valence-electron chi connectivity index (χ3n) is 4.55. The number of rotatable bonds is 5. The maximum absolute atomic E-state index is 13.0. The maximum Gasteiger partial charge on any atom is 0.261 e. The molecule has 4 rings (SSSR count). The van der Waals surface area contributed by atoms with Crippen LogP contribution in [-0.4, -0.2) is 49.5 Å². The number of anilines is 3. The van der Waals surface area contributed by atoms with Crippen molar-refractivity contribution in [1.82, 2.24) is 15.0 Å². The Morgan fingerprint density at radius 2 is 1.52 bits per heavy atom. The Hall–Kier alpha value is -3.27. The van der Waals surface area contributed by atoms with E-state index >= 15 is 0 Å². The first kappa shape index (κ1) is 19.1. The number of nitrogens with zero attached hydrogens (tertiary/aromatic N) is 5. The molecule has 150 valence electrons. The van der Waals surface area contributed by atoms with E-state index in [4.69, 9.17) is 0 Å². The Balaban J connectivity index is 1.39. The predicted molar refractivity (Wildman–Crippen MR) is 108 cm³/mol. The number of halogens is 1. The van der Waals surface area contributed by atoms with E-state index in [0.717, 1.165) is 44.1 Å². The Bertz CT molecular complexity index is 1050. The van der Waals surface area contributed by atoms with Crippen LogP contribution in [0.5, 0.6) is 0 Å². The third kappa shape index (κ3) is 4.43. The lowest BCUT2D eigenvalue weighted by atomic mass is 10.3.